The molecule has 1 saturated carbocycles. The number of nitrogens with zero attached hydrogens (tertiary/aromatic N) is 1. The third kappa shape index (κ3) is 4.65. The van der Waals surface area contributed by atoms with Crippen molar-refractivity contribution in [1.29, 1.82) is 0 Å². The van der Waals surface area contributed by atoms with Crippen molar-refractivity contribution in [1.82, 2.24) is 10.2 Å². The molecule has 0 spiro atoms. The summed E-state index contributed by atoms with van der Waals surface area (Å²) in [6.45, 7) is 2.19. The second-order valence-corrected chi connectivity index (χ2v) is 9.20. The summed E-state index contributed by atoms with van der Waals surface area (Å²) < 4.78 is 0. The van der Waals surface area contributed by atoms with Gasteiger partial charge in [-0.15, -0.1) is 0 Å². The number of piperidine rings is 2. The molecule has 148 valence electrons. The van der Waals surface area contributed by atoms with Crippen LogP contribution in [0, 0.1) is 0 Å². The molecule has 27 heavy (non-hydrogen) atoms. The van der Waals surface area contributed by atoms with Crippen molar-refractivity contribution in [2.75, 3.05) is 5.32 Å². The van der Waals surface area contributed by atoms with E-state index in [1.165, 1.54) is 69.8 Å². The van der Waals surface area contributed by atoms with Gasteiger partial charge in [0, 0.05) is 29.9 Å². The highest BCUT2D eigenvalue weighted by molar-refractivity contribution is 7.80. The zero-order chi connectivity index (χ0) is 18.6. The smallest absolute Gasteiger partial charge is 0.170 e. The molecule has 4 heteroatoms. The maximum Gasteiger partial charge on any atom is 0.170 e. The molecule has 1 aliphatic carbocycles. The van der Waals surface area contributed by atoms with Crippen molar-refractivity contribution in [3.05, 3.63) is 29.8 Å². The van der Waals surface area contributed by atoms with E-state index >= 15 is 0 Å². The SMILES string of the molecule is CCc1ccc(NC(=S)NC2CC3CCCC(C2)N3C2CCCCC2)cc1. The Morgan fingerprint density at radius 3 is 2.19 bits per heavy atom. The molecular formula is C23H35N3S. The fourth-order valence-corrected chi connectivity index (χ4v) is 5.97. The third-order valence-corrected chi connectivity index (χ3v) is 7.20. The molecule has 3 fully saturated rings. The first-order valence-electron chi connectivity index (χ1n) is 11.2. The van der Waals surface area contributed by atoms with Crippen LogP contribution in [0.4, 0.5) is 5.69 Å². The van der Waals surface area contributed by atoms with E-state index in [2.05, 4.69) is 46.7 Å². The largest absolute Gasteiger partial charge is 0.360 e. The number of aryl methyl sites for hydroxylation is 1. The number of nitrogens with one attached hydrogen (secondary N) is 2. The van der Waals surface area contributed by atoms with Crippen molar-refractivity contribution in [3.63, 3.8) is 0 Å². The van der Waals surface area contributed by atoms with Gasteiger partial charge in [0.05, 0.1) is 0 Å². The second kappa shape index (κ2) is 8.91. The average molecular weight is 386 g/mol. The molecule has 2 aliphatic heterocycles. The van der Waals surface area contributed by atoms with Crippen LogP contribution in [0.5, 0.6) is 0 Å². The first-order chi connectivity index (χ1) is 13.2. The molecule has 2 heterocycles. The summed E-state index contributed by atoms with van der Waals surface area (Å²) >= 11 is 5.63. The first-order valence-corrected chi connectivity index (χ1v) is 11.6. The minimum absolute atomic E-state index is 0.523. The van der Waals surface area contributed by atoms with E-state index < -0.39 is 0 Å². The summed E-state index contributed by atoms with van der Waals surface area (Å²) in [6.07, 6.45) is 14.9. The molecule has 2 saturated heterocycles. The average Bonchev–Trinajstić information content (AvgIpc) is 2.68. The fourth-order valence-electron chi connectivity index (χ4n) is 5.69. The van der Waals surface area contributed by atoms with E-state index in [-0.39, 0.29) is 0 Å². The number of fused-ring (bicyclic) bond motifs is 2. The van der Waals surface area contributed by atoms with Crippen LogP contribution >= 0.6 is 12.2 Å². The van der Waals surface area contributed by atoms with E-state index in [0.29, 0.717) is 6.04 Å². The lowest BCUT2D eigenvalue weighted by atomic mass is 9.78. The fraction of sp³-hybridized carbons (Fsp3) is 0.696. The Morgan fingerprint density at radius 2 is 1.56 bits per heavy atom. The summed E-state index contributed by atoms with van der Waals surface area (Å²) in [6, 6.07) is 11.5. The molecule has 0 amide bonds. The Hall–Kier alpha value is -1.13. The molecule has 3 aliphatic rings. The van der Waals surface area contributed by atoms with Crippen molar-refractivity contribution in [2.24, 2.45) is 0 Å². The molecule has 2 N–H and O–H groups in total. The highest BCUT2D eigenvalue weighted by atomic mass is 32.1. The van der Waals surface area contributed by atoms with Gasteiger partial charge in [-0.05, 0) is 74.9 Å². The van der Waals surface area contributed by atoms with Gasteiger partial charge < -0.3 is 10.6 Å². The van der Waals surface area contributed by atoms with Gasteiger partial charge in [0.25, 0.3) is 0 Å². The number of rotatable bonds is 4. The molecule has 2 unspecified atom stereocenters. The Balaban J connectivity index is 1.33. The molecule has 2 bridgehead atoms. The summed E-state index contributed by atoms with van der Waals surface area (Å²) in [5, 5.41) is 7.81. The van der Waals surface area contributed by atoms with Crippen molar-refractivity contribution in [2.45, 2.75) is 102 Å². The lowest BCUT2D eigenvalue weighted by molar-refractivity contribution is -0.0195. The molecule has 1 aromatic carbocycles. The molecule has 0 radical (unpaired) electrons. The van der Waals surface area contributed by atoms with Crippen LogP contribution in [0.25, 0.3) is 0 Å². The summed E-state index contributed by atoms with van der Waals surface area (Å²) in [7, 11) is 0. The monoisotopic (exact) mass is 385 g/mol. The minimum atomic E-state index is 0.523. The quantitative estimate of drug-likeness (QED) is 0.692. The predicted molar refractivity (Wildman–Crippen MR) is 118 cm³/mol. The van der Waals surface area contributed by atoms with Gasteiger partial charge in [-0.2, -0.15) is 0 Å². The van der Waals surface area contributed by atoms with Crippen LogP contribution in [-0.4, -0.2) is 34.2 Å². The van der Waals surface area contributed by atoms with Crippen LogP contribution in [0.3, 0.4) is 0 Å². The molecular weight excluding hydrogens is 350 g/mol. The first kappa shape index (κ1) is 19.2. The predicted octanol–water partition coefficient (Wildman–Crippen LogP) is 5.25. The van der Waals surface area contributed by atoms with E-state index in [1.807, 2.05) is 0 Å². The van der Waals surface area contributed by atoms with E-state index in [4.69, 9.17) is 12.2 Å². The highest BCUT2D eigenvalue weighted by Gasteiger charge is 2.41. The van der Waals surface area contributed by atoms with E-state index in [0.717, 1.165) is 35.3 Å². The van der Waals surface area contributed by atoms with Gasteiger partial charge in [-0.3, -0.25) is 4.90 Å². The number of hydrogen-bond acceptors (Lipinski definition) is 2. The maximum absolute atomic E-state index is 5.63. The number of hydrogen-bond donors (Lipinski definition) is 2. The van der Waals surface area contributed by atoms with Crippen molar-refractivity contribution >= 4 is 23.0 Å². The molecule has 4 rings (SSSR count). The molecule has 1 aromatic rings. The van der Waals surface area contributed by atoms with Gasteiger partial charge in [0.1, 0.15) is 0 Å². The number of thiocarbonyl (C=S) groups is 1. The van der Waals surface area contributed by atoms with E-state index in [1.54, 1.807) is 0 Å². The van der Waals surface area contributed by atoms with E-state index in [9.17, 15) is 0 Å². The Labute approximate surface area is 170 Å². The maximum atomic E-state index is 5.63. The molecule has 2 atom stereocenters. The summed E-state index contributed by atoms with van der Waals surface area (Å²) in [4.78, 5) is 2.95. The van der Waals surface area contributed by atoms with Gasteiger partial charge in [0.2, 0.25) is 0 Å². The Morgan fingerprint density at radius 1 is 0.926 bits per heavy atom. The Bertz CT molecular complexity index is 609. The normalized spacial score (nSPS) is 29.3. The third-order valence-electron chi connectivity index (χ3n) is 6.98. The van der Waals surface area contributed by atoms with Crippen LogP contribution < -0.4 is 10.6 Å². The second-order valence-electron chi connectivity index (χ2n) is 8.79. The van der Waals surface area contributed by atoms with Crippen molar-refractivity contribution < 1.29 is 0 Å². The Kier molecular flexibility index (Phi) is 6.34. The highest BCUT2D eigenvalue weighted by Crippen LogP contribution is 2.39. The van der Waals surface area contributed by atoms with Gasteiger partial charge >= 0.3 is 0 Å². The topological polar surface area (TPSA) is 27.3 Å². The minimum Gasteiger partial charge on any atom is -0.360 e. The van der Waals surface area contributed by atoms with Crippen LogP contribution in [0.2, 0.25) is 0 Å². The lowest BCUT2D eigenvalue weighted by Gasteiger charge is -2.53. The summed E-state index contributed by atoms with van der Waals surface area (Å²) in [5.74, 6) is 0. The molecule has 3 nitrogen and oxygen atoms in total. The standard InChI is InChI=1S/C23H35N3S/c1-2-17-11-13-18(14-12-17)24-23(27)25-19-15-21-9-6-10-22(16-19)26(21)20-7-4-3-5-8-20/h11-14,19-22H,2-10,15-16H2,1H3,(H2,24,25,27). The zero-order valence-electron chi connectivity index (χ0n) is 16.8. The number of benzene rings is 1. The lowest BCUT2D eigenvalue weighted by Crippen LogP contribution is -2.60. The number of anilines is 1. The molecule has 0 aromatic heterocycles. The van der Waals surface area contributed by atoms with Gasteiger partial charge in [-0.25, -0.2) is 0 Å². The van der Waals surface area contributed by atoms with Gasteiger partial charge in [-0.1, -0.05) is 44.7 Å². The zero-order valence-corrected chi connectivity index (χ0v) is 17.6. The van der Waals surface area contributed by atoms with Crippen LogP contribution in [0.15, 0.2) is 24.3 Å². The van der Waals surface area contributed by atoms with Crippen LogP contribution in [0.1, 0.15) is 76.7 Å². The van der Waals surface area contributed by atoms with Crippen LogP contribution in [-0.2, 0) is 6.42 Å². The summed E-state index contributed by atoms with van der Waals surface area (Å²) in [5.41, 5.74) is 2.45. The van der Waals surface area contributed by atoms with Crippen molar-refractivity contribution in [3.8, 4) is 0 Å². The van der Waals surface area contributed by atoms with Gasteiger partial charge in [0.15, 0.2) is 5.11 Å².